The Balaban J connectivity index is 2.84. The Hall–Kier alpha value is -1.37. The van der Waals surface area contributed by atoms with Crippen LogP contribution in [0.2, 0.25) is 0 Å². The van der Waals surface area contributed by atoms with Crippen LogP contribution in [0.15, 0.2) is 24.3 Å². The van der Waals surface area contributed by atoms with E-state index >= 15 is 0 Å². The highest BCUT2D eigenvalue weighted by Crippen LogP contribution is 2.21. The molecule has 3 nitrogen and oxygen atoms in total. The minimum absolute atomic E-state index is 0.0600. The first kappa shape index (κ1) is 10.7. The summed E-state index contributed by atoms with van der Waals surface area (Å²) in [5.74, 6) is 0. The lowest BCUT2D eigenvalue weighted by molar-refractivity contribution is 0.0212. The smallest absolute Gasteiger partial charge is 0.106 e. The molecule has 0 aliphatic heterocycles. The number of aryl methyl sites for hydroxylation is 1. The van der Waals surface area contributed by atoms with Crippen molar-refractivity contribution in [2.75, 3.05) is 0 Å². The number of benzene rings is 1. The summed E-state index contributed by atoms with van der Waals surface area (Å²) in [6, 6.07) is 9.10. The van der Waals surface area contributed by atoms with Gasteiger partial charge in [-0.1, -0.05) is 24.3 Å². The third-order valence-corrected chi connectivity index (χ3v) is 2.17. The summed E-state index contributed by atoms with van der Waals surface area (Å²) in [5.41, 5.74) is 1.59. The molecule has 0 saturated heterocycles. The molecule has 0 aromatic heterocycles. The first-order valence-electron chi connectivity index (χ1n) is 4.45. The maximum Gasteiger partial charge on any atom is 0.106 e. The second-order valence-corrected chi connectivity index (χ2v) is 3.23. The summed E-state index contributed by atoms with van der Waals surface area (Å²) in [6.45, 7) is 1.86. The van der Waals surface area contributed by atoms with Crippen molar-refractivity contribution in [2.24, 2.45) is 0 Å². The summed E-state index contributed by atoms with van der Waals surface area (Å²) in [5, 5.41) is 27.5. The van der Waals surface area contributed by atoms with Crippen LogP contribution >= 0.6 is 0 Å². The van der Waals surface area contributed by atoms with E-state index in [0.717, 1.165) is 5.56 Å². The predicted octanol–water partition coefficient (Wildman–Crippen LogP) is 1.30. The molecule has 1 rings (SSSR count). The number of nitriles is 1. The van der Waals surface area contributed by atoms with Gasteiger partial charge in [0.2, 0.25) is 0 Å². The van der Waals surface area contributed by atoms with E-state index in [4.69, 9.17) is 5.26 Å². The zero-order chi connectivity index (χ0) is 10.6. The van der Waals surface area contributed by atoms with E-state index in [0.29, 0.717) is 5.56 Å². The second kappa shape index (κ2) is 4.75. The van der Waals surface area contributed by atoms with Crippen LogP contribution in [0.3, 0.4) is 0 Å². The van der Waals surface area contributed by atoms with Crippen molar-refractivity contribution in [1.29, 1.82) is 5.26 Å². The highest BCUT2D eigenvalue weighted by molar-refractivity contribution is 5.28. The molecule has 0 bridgehead atoms. The van der Waals surface area contributed by atoms with E-state index in [-0.39, 0.29) is 6.42 Å². The Morgan fingerprint density at radius 1 is 1.36 bits per heavy atom. The molecule has 0 amide bonds. The van der Waals surface area contributed by atoms with Gasteiger partial charge in [-0.15, -0.1) is 0 Å². The van der Waals surface area contributed by atoms with E-state index in [1.54, 1.807) is 12.1 Å². The van der Waals surface area contributed by atoms with Crippen LogP contribution in [0.4, 0.5) is 0 Å². The van der Waals surface area contributed by atoms with E-state index in [2.05, 4.69) is 0 Å². The van der Waals surface area contributed by atoms with Crippen LogP contribution < -0.4 is 0 Å². The van der Waals surface area contributed by atoms with Gasteiger partial charge in [-0.25, -0.2) is 0 Å². The van der Waals surface area contributed by atoms with Gasteiger partial charge >= 0.3 is 0 Å². The topological polar surface area (TPSA) is 64.2 Å². The number of aliphatic hydroxyl groups is 2. The van der Waals surface area contributed by atoms with Crippen LogP contribution in [-0.4, -0.2) is 16.3 Å². The molecule has 3 heteroatoms. The van der Waals surface area contributed by atoms with Crippen molar-refractivity contribution in [3.05, 3.63) is 35.4 Å². The number of hydrogen-bond donors (Lipinski definition) is 2. The maximum atomic E-state index is 9.70. The monoisotopic (exact) mass is 191 g/mol. The van der Waals surface area contributed by atoms with Crippen molar-refractivity contribution >= 4 is 0 Å². The van der Waals surface area contributed by atoms with Gasteiger partial charge in [0.25, 0.3) is 0 Å². The van der Waals surface area contributed by atoms with Gasteiger partial charge in [0.15, 0.2) is 0 Å². The SMILES string of the molecule is Cc1ccccc1C(O)C(O)CC#N. The standard InChI is InChI=1S/C11H13NO2/c1-8-4-2-3-5-9(8)11(14)10(13)6-7-12/h2-5,10-11,13-14H,6H2,1H3. The minimum atomic E-state index is -1.01. The molecule has 0 saturated carbocycles. The molecule has 0 heterocycles. The summed E-state index contributed by atoms with van der Waals surface area (Å²) < 4.78 is 0. The Kier molecular flexibility index (Phi) is 3.63. The van der Waals surface area contributed by atoms with E-state index in [1.807, 2.05) is 25.1 Å². The number of hydrogen-bond acceptors (Lipinski definition) is 3. The summed E-state index contributed by atoms with van der Waals surface area (Å²) >= 11 is 0. The van der Waals surface area contributed by atoms with Crippen LogP contribution in [0.25, 0.3) is 0 Å². The van der Waals surface area contributed by atoms with Gasteiger partial charge in [-0.3, -0.25) is 0 Å². The van der Waals surface area contributed by atoms with Gasteiger partial charge in [-0.2, -0.15) is 5.26 Å². The Morgan fingerprint density at radius 2 is 2.00 bits per heavy atom. The lowest BCUT2D eigenvalue weighted by Gasteiger charge is -2.17. The fourth-order valence-corrected chi connectivity index (χ4v) is 1.33. The number of rotatable bonds is 3. The zero-order valence-corrected chi connectivity index (χ0v) is 8.01. The molecular weight excluding hydrogens is 178 g/mol. The first-order chi connectivity index (χ1) is 6.66. The fourth-order valence-electron chi connectivity index (χ4n) is 1.33. The molecular formula is C11H13NO2. The predicted molar refractivity (Wildman–Crippen MR) is 52.4 cm³/mol. The highest BCUT2D eigenvalue weighted by atomic mass is 16.3. The molecule has 1 aromatic carbocycles. The molecule has 2 unspecified atom stereocenters. The molecule has 0 fully saturated rings. The molecule has 2 atom stereocenters. The third kappa shape index (κ3) is 2.32. The van der Waals surface area contributed by atoms with E-state index < -0.39 is 12.2 Å². The molecule has 14 heavy (non-hydrogen) atoms. The van der Waals surface area contributed by atoms with Gasteiger partial charge in [0.1, 0.15) is 6.10 Å². The number of nitrogens with zero attached hydrogens (tertiary/aromatic N) is 1. The van der Waals surface area contributed by atoms with Gasteiger partial charge < -0.3 is 10.2 Å². The second-order valence-electron chi connectivity index (χ2n) is 3.23. The molecule has 1 aromatic rings. The van der Waals surface area contributed by atoms with Crippen molar-refractivity contribution in [2.45, 2.75) is 25.6 Å². The Morgan fingerprint density at radius 3 is 2.57 bits per heavy atom. The van der Waals surface area contributed by atoms with Crippen LogP contribution in [0.1, 0.15) is 23.7 Å². The summed E-state index contributed by atoms with van der Waals surface area (Å²) in [6.07, 6.45) is -2.05. The highest BCUT2D eigenvalue weighted by Gasteiger charge is 2.18. The summed E-state index contributed by atoms with van der Waals surface area (Å²) in [7, 11) is 0. The zero-order valence-electron chi connectivity index (χ0n) is 8.01. The minimum Gasteiger partial charge on any atom is -0.389 e. The Labute approximate surface area is 83.2 Å². The lowest BCUT2D eigenvalue weighted by Crippen LogP contribution is -2.18. The molecule has 2 N–H and O–H groups in total. The third-order valence-electron chi connectivity index (χ3n) is 2.17. The van der Waals surface area contributed by atoms with Crippen LogP contribution in [0.5, 0.6) is 0 Å². The fraction of sp³-hybridized carbons (Fsp3) is 0.364. The van der Waals surface area contributed by atoms with Crippen LogP contribution in [-0.2, 0) is 0 Å². The average Bonchev–Trinajstić information content (AvgIpc) is 2.18. The largest absolute Gasteiger partial charge is 0.389 e. The van der Waals surface area contributed by atoms with Crippen LogP contribution in [0, 0.1) is 18.3 Å². The van der Waals surface area contributed by atoms with E-state index in [9.17, 15) is 10.2 Å². The lowest BCUT2D eigenvalue weighted by atomic mass is 9.98. The first-order valence-corrected chi connectivity index (χ1v) is 4.45. The average molecular weight is 191 g/mol. The van der Waals surface area contributed by atoms with Crippen molar-refractivity contribution in [3.63, 3.8) is 0 Å². The summed E-state index contributed by atoms with van der Waals surface area (Å²) in [4.78, 5) is 0. The van der Waals surface area contributed by atoms with Crippen molar-refractivity contribution < 1.29 is 10.2 Å². The van der Waals surface area contributed by atoms with E-state index in [1.165, 1.54) is 0 Å². The quantitative estimate of drug-likeness (QED) is 0.757. The van der Waals surface area contributed by atoms with Gasteiger partial charge in [0.05, 0.1) is 18.6 Å². The molecule has 0 spiro atoms. The normalized spacial score (nSPS) is 14.4. The molecule has 0 radical (unpaired) electrons. The van der Waals surface area contributed by atoms with Crippen molar-refractivity contribution in [1.82, 2.24) is 0 Å². The molecule has 0 aliphatic rings. The van der Waals surface area contributed by atoms with Gasteiger partial charge in [-0.05, 0) is 18.1 Å². The van der Waals surface area contributed by atoms with Crippen molar-refractivity contribution in [3.8, 4) is 6.07 Å². The number of aliphatic hydroxyl groups excluding tert-OH is 2. The molecule has 0 aliphatic carbocycles. The Bertz CT molecular complexity index is 343. The molecule has 74 valence electrons. The maximum absolute atomic E-state index is 9.70. The van der Waals surface area contributed by atoms with Gasteiger partial charge in [0, 0.05) is 0 Å².